The molecule has 8 nitrogen and oxygen atoms in total. The maximum atomic E-state index is 12.2. The van der Waals surface area contributed by atoms with Gasteiger partial charge in [-0.2, -0.15) is 0 Å². The van der Waals surface area contributed by atoms with Crippen molar-refractivity contribution < 1.29 is 33.3 Å². The minimum absolute atomic E-state index is 0.245. The van der Waals surface area contributed by atoms with Gasteiger partial charge in [-0.1, -0.05) is 12.1 Å². The van der Waals surface area contributed by atoms with Crippen molar-refractivity contribution in [3.63, 3.8) is 0 Å². The number of rotatable bonds is 5. The first-order valence-corrected chi connectivity index (χ1v) is 9.41. The Morgan fingerprint density at radius 2 is 1.72 bits per heavy atom. The van der Waals surface area contributed by atoms with Crippen molar-refractivity contribution in [1.82, 2.24) is 5.32 Å². The molecule has 0 aromatic heterocycles. The van der Waals surface area contributed by atoms with E-state index in [1.807, 2.05) is 18.2 Å². The van der Waals surface area contributed by atoms with Crippen LogP contribution in [0.4, 0.5) is 0 Å². The van der Waals surface area contributed by atoms with Gasteiger partial charge in [0, 0.05) is 6.42 Å². The Balaban J connectivity index is 1.24. The molecule has 1 atom stereocenters. The summed E-state index contributed by atoms with van der Waals surface area (Å²) < 4.78 is 27.5. The summed E-state index contributed by atoms with van der Waals surface area (Å²) >= 11 is 0. The third kappa shape index (κ3) is 4.71. The van der Waals surface area contributed by atoms with E-state index in [4.69, 9.17) is 23.7 Å². The molecule has 1 amide bonds. The Kier molecular flexibility index (Phi) is 5.69. The number of ether oxygens (including phenoxy) is 5. The molecule has 8 heteroatoms. The first kappa shape index (κ1) is 18.9. The molecule has 2 heterocycles. The van der Waals surface area contributed by atoms with E-state index in [-0.39, 0.29) is 12.6 Å². The van der Waals surface area contributed by atoms with E-state index in [2.05, 4.69) is 5.32 Å². The molecule has 0 fully saturated rings. The quantitative estimate of drug-likeness (QED) is 0.769. The molecule has 152 valence electrons. The van der Waals surface area contributed by atoms with Gasteiger partial charge in [-0.3, -0.25) is 4.79 Å². The summed E-state index contributed by atoms with van der Waals surface area (Å²) in [6, 6.07) is 12.1. The highest BCUT2D eigenvalue weighted by molar-refractivity contribution is 5.92. The number of benzene rings is 2. The largest absolute Gasteiger partial charge is 0.490 e. The van der Waals surface area contributed by atoms with Crippen molar-refractivity contribution in [2.75, 3.05) is 33.0 Å². The number of esters is 1. The Labute approximate surface area is 167 Å². The zero-order chi connectivity index (χ0) is 20.1. The number of carbonyl (C=O) groups is 2. The molecule has 4 rings (SSSR count). The fourth-order valence-corrected chi connectivity index (χ4v) is 2.95. The third-order valence-electron chi connectivity index (χ3n) is 4.41. The molecule has 29 heavy (non-hydrogen) atoms. The topological polar surface area (TPSA) is 92.3 Å². The van der Waals surface area contributed by atoms with E-state index in [1.165, 1.54) is 0 Å². The Morgan fingerprint density at radius 1 is 0.966 bits per heavy atom. The first-order chi connectivity index (χ1) is 14.2. The zero-order valence-electron chi connectivity index (χ0n) is 15.7. The van der Waals surface area contributed by atoms with Crippen molar-refractivity contribution >= 4 is 11.9 Å². The van der Waals surface area contributed by atoms with Crippen molar-refractivity contribution in [3.8, 4) is 23.0 Å². The number of nitrogens with one attached hydrogen (secondary N) is 1. The average molecular weight is 399 g/mol. The minimum atomic E-state index is -0.609. The van der Waals surface area contributed by atoms with Crippen molar-refractivity contribution in [3.05, 3.63) is 48.0 Å². The van der Waals surface area contributed by atoms with Crippen LogP contribution in [0.3, 0.4) is 0 Å². The first-order valence-electron chi connectivity index (χ1n) is 9.41. The fourth-order valence-electron chi connectivity index (χ4n) is 2.95. The summed E-state index contributed by atoms with van der Waals surface area (Å²) in [5.41, 5.74) is 0.294. The molecular formula is C21H21NO7. The van der Waals surface area contributed by atoms with Gasteiger partial charge in [0.1, 0.15) is 12.7 Å². The van der Waals surface area contributed by atoms with Gasteiger partial charge in [-0.25, -0.2) is 4.79 Å². The van der Waals surface area contributed by atoms with Gasteiger partial charge < -0.3 is 29.0 Å². The number of carbonyl (C=O) groups excluding carboxylic acids is 2. The van der Waals surface area contributed by atoms with Crippen LogP contribution in [0.2, 0.25) is 0 Å². The number of para-hydroxylation sites is 2. The van der Waals surface area contributed by atoms with E-state index in [1.54, 1.807) is 24.3 Å². The summed E-state index contributed by atoms with van der Waals surface area (Å²) in [4.78, 5) is 24.2. The minimum Gasteiger partial charge on any atom is -0.490 e. The van der Waals surface area contributed by atoms with E-state index in [9.17, 15) is 9.59 Å². The molecule has 2 aromatic rings. The fraction of sp³-hybridized carbons (Fsp3) is 0.333. The molecular weight excluding hydrogens is 378 g/mol. The van der Waals surface area contributed by atoms with Crippen LogP contribution in [0, 0.1) is 0 Å². The van der Waals surface area contributed by atoms with Gasteiger partial charge in [-0.15, -0.1) is 0 Å². The monoisotopic (exact) mass is 399 g/mol. The van der Waals surface area contributed by atoms with Crippen LogP contribution in [0.1, 0.15) is 16.8 Å². The second-order valence-electron chi connectivity index (χ2n) is 6.59. The highest BCUT2D eigenvalue weighted by atomic mass is 16.6. The molecule has 0 saturated heterocycles. The molecule has 0 aliphatic carbocycles. The SMILES string of the molecule is O=C(COC(=O)c1ccc2c(c1)OCCCO2)NCC1COc2ccccc2O1. The second-order valence-corrected chi connectivity index (χ2v) is 6.59. The highest BCUT2D eigenvalue weighted by Gasteiger charge is 2.21. The Morgan fingerprint density at radius 3 is 2.59 bits per heavy atom. The molecule has 2 aliphatic heterocycles. The lowest BCUT2D eigenvalue weighted by Gasteiger charge is -2.26. The smallest absolute Gasteiger partial charge is 0.338 e. The van der Waals surface area contributed by atoms with Gasteiger partial charge in [0.15, 0.2) is 29.6 Å². The van der Waals surface area contributed by atoms with Crippen molar-refractivity contribution in [1.29, 1.82) is 0 Å². The highest BCUT2D eigenvalue weighted by Crippen LogP contribution is 2.31. The van der Waals surface area contributed by atoms with Crippen molar-refractivity contribution in [2.45, 2.75) is 12.5 Å². The van der Waals surface area contributed by atoms with E-state index >= 15 is 0 Å². The van der Waals surface area contributed by atoms with Gasteiger partial charge in [-0.05, 0) is 30.3 Å². The predicted octanol–water partition coefficient (Wildman–Crippen LogP) is 1.96. The summed E-state index contributed by atoms with van der Waals surface area (Å²) in [6.07, 6.45) is 0.460. The van der Waals surface area contributed by atoms with Crippen LogP contribution in [0.25, 0.3) is 0 Å². The van der Waals surface area contributed by atoms with Crippen molar-refractivity contribution in [2.24, 2.45) is 0 Å². The molecule has 0 bridgehead atoms. The van der Waals surface area contributed by atoms with Crippen LogP contribution in [-0.4, -0.2) is 51.0 Å². The van der Waals surface area contributed by atoms with Gasteiger partial charge in [0.05, 0.1) is 25.3 Å². The van der Waals surface area contributed by atoms with Gasteiger partial charge in [0.25, 0.3) is 5.91 Å². The van der Waals surface area contributed by atoms with Crippen LogP contribution >= 0.6 is 0 Å². The average Bonchev–Trinajstić information content (AvgIpc) is 3.00. The lowest BCUT2D eigenvalue weighted by atomic mass is 10.2. The molecule has 0 radical (unpaired) electrons. The standard InChI is InChI=1S/C21H21NO7/c23-20(22-11-15-12-27-16-4-1-2-5-18(16)29-15)13-28-21(24)14-6-7-17-19(10-14)26-9-3-8-25-17/h1-2,4-7,10,15H,3,8-9,11-13H2,(H,22,23). The summed E-state index contributed by atoms with van der Waals surface area (Å²) in [5, 5.41) is 2.68. The summed E-state index contributed by atoms with van der Waals surface area (Å²) in [5.74, 6) is 1.37. The maximum absolute atomic E-state index is 12.2. The normalized spacial score (nSPS) is 17.0. The Bertz CT molecular complexity index is 898. The second kappa shape index (κ2) is 8.72. The molecule has 1 unspecified atom stereocenters. The molecule has 0 spiro atoms. The lowest BCUT2D eigenvalue weighted by molar-refractivity contribution is -0.124. The molecule has 0 saturated carbocycles. The number of hydrogen-bond donors (Lipinski definition) is 1. The van der Waals surface area contributed by atoms with Gasteiger partial charge in [0.2, 0.25) is 0 Å². The zero-order valence-corrected chi connectivity index (χ0v) is 15.7. The number of hydrogen-bond acceptors (Lipinski definition) is 7. The van der Waals surface area contributed by atoms with Crippen LogP contribution in [-0.2, 0) is 9.53 Å². The van der Waals surface area contributed by atoms with Crippen LogP contribution < -0.4 is 24.3 Å². The predicted molar refractivity (Wildman–Crippen MR) is 102 cm³/mol. The summed E-state index contributed by atoms with van der Waals surface area (Å²) in [7, 11) is 0. The van der Waals surface area contributed by atoms with E-state index in [0.717, 1.165) is 6.42 Å². The Hall–Kier alpha value is -3.42. The molecule has 1 N–H and O–H groups in total. The van der Waals surface area contributed by atoms with Crippen LogP contribution in [0.5, 0.6) is 23.0 Å². The molecule has 2 aliphatic rings. The van der Waals surface area contributed by atoms with Crippen LogP contribution in [0.15, 0.2) is 42.5 Å². The maximum Gasteiger partial charge on any atom is 0.338 e. The van der Waals surface area contributed by atoms with Gasteiger partial charge >= 0.3 is 5.97 Å². The molecule has 2 aromatic carbocycles. The summed E-state index contributed by atoms with van der Waals surface area (Å²) in [6.45, 7) is 1.27. The lowest BCUT2D eigenvalue weighted by Crippen LogP contribution is -2.42. The van der Waals surface area contributed by atoms with E-state index < -0.39 is 18.5 Å². The number of amides is 1. The number of fused-ring (bicyclic) bond motifs is 2. The van der Waals surface area contributed by atoms with E-state index in [0.29, 0.717) is 48.4 Å². The third-order valence-corrected chi connectivity index (χ3v) is 4.41.